The van der Waals surface area contributed by atoms with Crippen LogP contribution in [0.2, 0.25) is 0 Å². The molecule has 138 valence electrons. The van der Waals surface area contributed by atoms with Gasteiger partial charge in [-0.2, -0.15) is 0 Å². The van der Waals surface area contributed by atoms with Gasteiger partial charge in [0.15, 0.2) is 0 Å². The summed E-state index contributed by atoms with van der Waals surface area (Å²) in [4.78, 5) is 23.6. The predicted molar refractivity (Wildman–Crippen MR) is 99.5 cm³/mol. The van der Waals surface area contributed by atoms with Crippen molar-refractivity contribution < 1.29 is 19.1 Å². The quantitative estimate of drug-likeness (QED) is 0.761. The molecule has 0 saturated carbocycles. The SMILES string of the molecule is COc1ccc(C(=O)NCc2ccc(C(N)=O)cc2)c(OCC(C)C)c1. The van der Waals surface area contributed by atoms with E-state index in [9.17, 15) is 9.59 Å². The van der Waals surface area contributed by atoms with Gasteiger partial charge in [0, 0.05) is 18.2 Å². The van der Waals surface area contributed by atoms with Crippen LogP contribution in [-0.4, -0.2) is 25.5 Å². The number of nitrogens with one attached hydrogen (secondary N) is 1. The van der Waals surface area contributed by atoms with Crippen LogP contribution in [0.5, 0.6) is 11.5 Å². The molecule has 0 spiro atoms. The van der Waals surface area contributed by atoms with E-state index in [-0.39, 0.29) is 5.91 Å². The Labute approximate surface area is 153 Å². The topological polar surface area (TPSA) is 90.6 Å². The van der Waals surface area contributed by atoms with Gasteiger partial charge in [-0.15, -0.1) is 0 Å². The minimum atomic E-state index is -0.481. The molecule has 0 fully saturated rings. The number of ether oxygens (including phenoxy) is 2. The van der Waals surface area contributed by atoms with Gasteiger partial charge in [-0.05, 0) is 35.7 Å². The van der Waals surface area contributed by atoms with Crippen molar-refractivity contribution in [3.8, 4) is 11.5 Å². The molecule has 0 aliphatic rings. The van der Waals surface area contributed by atoms with Gasteiger partial charge in [-0.1, -0.05) is 26.0 Å². The third kappa shape index (κ3) is 5.24. The van der Waals surface area contributed by atoms with Crippen molar-refractivity contribution in [3.05, 3.63) is 59.2 Å². The third-order valence-electron chi connectivity index (χ3n) is 3.70. The Bertz CT molecular complexity index is 770. The molecule has 6 nitrogen and oxygen atoms in total. The van der Waals surface area contributed by atoms with Gasteiger partial charge in [0.25, 0.3) is 5.91 Å². The predicted octanol–water partition coefficient (Wildman–Crippen LogP) is 2.76. The van der Waals surface area contributed by atoms with E-state index in [1.807, 2.05) is 13.8 Å². The van der Waals surface area contributed by atoms with E-state index in [1.165, 1.54) is 0 Å². The fraction of sp³-hybridized carbons (Fsp3) is 0.300. The maximum atomic E-state index is 12.6. The Balaban J connectivity index is 2.08. The van der Waals surface area contributed by atoms with E-state index in [4.69, 9.17) is 15.2 Å². The summed E-state index contributed by atoms with van der Waals surface area (Å²) in [6.45, 7) is 4.90. The molecular formula is C20H24N2O4. The first kappa shape index (κ1) is 19.3. The van der Waals surface area contributed by atoms with E-state index in [0.29, 0.717) is 41.7 Å². The standard InChI is InChI=1S/C20H24N2O4/c1-13(2)12-26-18-10-16(25-3)8-9-17(18)20(24)22-11-14-4-6-15(7-5-14)19(21)23/h4-10,13H,11-12H2,1-3H3,(H2,21,23)(H,22,24). The second kappa shape index (κ2) is 8.89. The molecule has 0 heterocycles. The molecule has 2 aromatic carbocycles. The second-order valence-corrected chi connectivity index (χ2v) is 6.31. The van der Waals surface area contributed by atoms with Crippen LogP contribution in [-0.2, 0) is 6.54 Å². The number of hydrogen-bond acceptors (Lipinski definition) is 4. The molecule has 0 bridgehead atoms. The summed E-state index contributed by atoms with van der Waals surface area (Å²) in [7, 11) is 1.57. The number of carbonyl (C=O) groups excluding carboxylic acids is 2. The highest BCUT2D eigenvalue weighted by Crippen LogP contribution is 2.25. The molecule has 0 aliphatic heterocycles. The maximum Gasteiger partial charge on any atom is 0.255 e. The summed E-state index contributed by atoms with van der Waals surface area (Å²) in [5.74, 6) is 0.721. The summed E-state index contributed by atoms with van der Waals surface area (Å²) in [6, 6.07) is 11.9. The normalized spacial score (nSPS) is 10.5. The molecule has 0 radical (unpaired) electrons. The number of primary amides is 1. The molecule has 6 heteroatoms. The number of nitrogens with two attached hydrogens (primary N) is 1. The van der Waals surface area contributed by atoms with Gasteiger partial charge in [0.05, 0.1) is 19.3 Å². The largest absolute Gasteiger partial charge is 0.497 e. The molecule has 0 unspecified atom stereocenters. The zero-order valence-corrected chi connectivity index (χ0v) is 15.2. The highest BCUT2D eigenvalue weighted by Gasteiger charge is 2.14. The summed E-state index contributed by atoms with van der Waals surface area (Å²) in [5.41, 5.74) is 6.96. The van der Waals surface area contributed by atoms with Gasteiger partial charge in [0.2, 0.25) is 5.91 Å². The zero-order valence-electron chi connectivity index (χ0n) is 15.2. The van der Waals surface area contributed by atoms with Gasteiger partial charge in [0.1, 0.15) is 11.5 Å². The number of amides is 2. The van der Waals surface area contributed by atoms with E-state index in [1.54, 1.807) is 49.6 Å². The van der Waals surface area contributed by atoms with Gasteiger partial charge < -0.3 is 20.5 Å². The molecule has 26 heavy (non-hydrogen) atoms. The lowest BCUT2D eigenvalue weighted by atomic mass is 10.1. The lowest BCUT2D eigenvalue weighted by Crippen LogP contribution is -2.24. The minimum absolute atomic E-state index is 0.245. The van der Waals surface area contributed by atoms with Crippen LogP contribution in [0.1, 0.15) is 40.1 Å². The molecule has 2 aromatic rings. The van der Waals surface area contributed by atoms with Crippen LogP contribution >= 0.6 is 0 Å². The fourth-order valence-corrected chi connectivity index (χ4v) is 2.26. The smallest absolute Gasteiger partial charge is 0.255 e. The zero-order chi connectivity index (χ0) is 19.1. The Kier molecular flexibility index (Phi) is 6.60. The third-order valence-corrected chi connectivity index (χ3v) is 3.70. The molecule has 0 aromatic heterocycles. The Morgan fingerprint density at radius 2 is 1.81 bits per heavy atom. The van der Waals surface area contributed by atoms with Crippen LogP contribution in [0, 0.1) is 5.92 Å². The van der Waals surface area contributed by atoms with Crippen molar-refractivity contribution in [1.29, 1.82) is 0 Å². The lowest BCUT2D eigenvalue weighted by Gasteiger charge is -2.14. The minimum Gasteiger partial charge on any atom is -0.497 e. The Morgan fingerprint density at radius 1 is 1.12 bits per heavy atom. The Morgan fingerprint density at radius 3 is 2.38 bits per heavy atom. The van der Waals surface area contributed by atoms with Gasteiger partial charge in [-0.3, -0.25) is 9.59 Å². The molecule has 0 atom stereocenters. The van der Waals surface area contributed by atoms with Crippen molar-refractivity contribution in [2.75, 3.05) is 13.7 Å². The summed E-state index contributed by atoms with van der Waals surface area (Å²) < 4.78 is 11.0. The summed E-state index contributed by atoms with van der Waals surface area (Å²) in [5, 5.41) is 2.85. The molecule has 0 aliphatic carbocycles. The van der Waals surface area contributed by atoms with Crippen molar-refractivity contribution in [3.63, 3.8) is 0 Å². The van der Waals surface area contributed by atoms with Gasteiger partial charge in [-0.25, -0.2) is 0 Å². The van der Waals surface area contributed by atoms with Crippen molar-refractivity contribution >= 4 is 11.8 Å². The number of benzene rings is 2. The van der Waals surface area contributed by atoms with E-state index in [2.05, 4.69) is 5.32 Å². The monoisotopic (exact) mass is 356 g/mol. The van der Waals surface area contributed by atoms with Crippen LogP contribution < -0.4 is 20.5 Å². The summed E-state index contributed by atoms with van der Waals surface area (Å²) in [6.07, 6.45) is 0. The summed E-state index contributed by atoms with van der Waals surface area (Å²) >= 11 is 0. The average molecular weight is 356 g/mol. The van der Waals surface area contributed by atoms with E-state index >= 15 is 0 Å². The first-order valence-electron chi connectivity index (χ1n) is 8.38. The number of hydrogen-bond donors (Lipinski definition) is 2. The van der Waals surface area contributed by atoms with Crippen molar-refractivity contribution in [2.24, 2.45) is 11.7 Å². The molecule has 3 N–H and O–H groups in total. The average Bonchev–Trinajstić information content (AvgIpc) is 2.64. The Hall–Kier alpha value is -3.02. The fourth-order valence-electron chi connectivity index (χ4n) is 2.26. The van der Waals surface area contributed by atoms with Crippen LogP contribution in [0.15, 0.2) is 42.5 Å². The molecule has 2 rings (SSSR count). The highest BCUT2D eigenvalue weighted by molar-refractivity contribution is 5.97. The molecular weight excluding hydrogens is 332 g/mol. The number of methoxy groups -OCH3 is 1. The molecule has 2 amide bonds. The van der Waals surface area contributed by atoms with E-state index < -0.39 is 5.91 Å². The first-order chi connectivity index (χ1) is 12.4. The molecule has 0 saturated heterocycles. The van der Waals surface area contributed by atoms with Crippen LogP contribution in [0.4, 0.5) is 0 Å². The van der Waals surface area contributed by atoms with Gasteiger partial charge >= 0.3 is 0 Å². The lowest BCUT2D eigenvalue weighted by molar-refractivity contribution is 0.0944. The van der Waals surface area contributed by atoms with E-state index in [0.717, 1.165) is 5.56 Å². The number of rotatable bonds is 8. The van der Waals surface area contributed by atoms with Crippen LogP contribution in [0.3, 0.4) is 0 Å². The van der Waals surface area contributed by atoms with Crippen molar-refractivity contribution in [2.45, 2.75) is 20.4 Å². The second-order valence-electron chi connectivity index (χ2n) is 6.31. The highest BCUT2D eigenvalue weighted by atomic mass is 16.5. The first-order valence-corrected chi connectivity index (χ1v) is 8.38. The van der Waals surface area contributed by atoms with Crippen LogP contribution in [0.25, 0.3) is 0 Å². The van der Waals surface area contributed by atoms with Crippen molar-refractivity contribution in [1.82, 2.24) is 5.32 Å². The maximum absolute atomic E-state index is 12.6. The number of carbonyl (C=O) groups is 2.